The van der Waals surface area contributed by atoms with Crippen molar-refractivity contribution in [2.24, 2.45) is 0 Å². The number of nitrogens with one attached hydrogen (secondary N) is 1. The van der Waals surface area contributed by atoms with E-state index in [0.29, 0.717) is 0 Å². The maximum Gasteiger partial charge on any atom is 0.362 e. The van der Waals surface area contributed by atoms with Gasteiger partial charge in [-0.1, -0.05) is 24.3 Å². The van der Waals surface area contributed by atoms with Gasteiger partial charge in [0.1, 0.15) is 6.04 Å². The molecule has 2 N–H and O–H groups in total. The zero-order valence-corrected chi connectivity index (χ0v) is 14.2. The molecule has 1 unspecified atom stereocenters. The van der Waals surface area contributed by atoms with E-state index in [-0.39, 0.29) is 10.8 Å². The van der Waals surface area contributed by atoms with Gasteiger partial charge in [0, 0.05) is 19.3 Å². The molecule has 0 spiro atoms. The van der Waals surface area contributed by atoms with Crippen LogP contribution >= 0.6 is 0 Å². The molecule has 1 atom stereocenters. The van der Waals surface area contributed by atoms with E-state index >= 15 is 0 Å². The number of fused-ring (bicyclic) bond motifs is 1. The Labute approximate surface area is 145 Å². The molecule has 8 nitrogen and oxygen atoms in total. The van der Waals surface area contributed by atoms with Gasteiger partial charge in [-0.25, -0.2) is 4.31 Å². The van der Waals surface area contributed by atoms with Crippen LogP contribution in [0.2, 0.25) is 0 Å². The molecule has 1 fully saturated rings. The number of carbonyl (C=O) groups excluding carboxylic acids is 2. The Morgan fingerprint density at radius 3 is 2.04 bits per heavy atom. The van der Waals surface area contributed by atoms with Crippen molar-refractivity contribution in [2.45, 2.75) is 13.0 Å². The summed E-state index contributed by atoms with van der Waals surface area (Å²) in [5, 5.41) is 2.23. The molecule has 4 rings (SSSR count). The Balaban J connectivity index is 0.000000153. The van der Waals surface area contributed by atoms with Gasteiger partial charge in [0.2, 0.25) is 5.91 Å². The number of hydrogen-bond donors (Lipinski definition) is 2. The molecule has 3 aliphatic rings. The summed E-state index contributed by atoms with van der Waals surface area (Å²) in [6, 6.07) is 13.4. The number of aromatic nitrogens is 1. The van der Waals surface area contributed by atoms with Crippen LogP contribution < -0.4 is 5.32 Å². The summed E-state index contributed by atoms with van der Waals surface area (Å²) in [6.07, 6.45) is 3.50. The van der Waals surface area contributed by atoms with Gasteiger partial charge in [-0.3, -0.25) is 19.1 Å². The van der Waals surface area contributed by atoms with Crippen LogP contribution in [0.1, 0.15) is 6.92 Å². The lowest BCUT2D eigenvalue weighted by molar-refractivity contribution is -0.140. The molecular formula is C16H17N3O5S. The number of benzene rings is 1. The molecule has 0 aromatic carbocycles. The van der Waals surface area contributed by atoms with Crippen molar-refractivity contribution in [3.63, 3.8) is 0 Å². The van der Waals surface area contributed by atoms with E-state index in [0.717, 1.165) is 0 Å². The molecule has 1 aromatic rings. The minimum Gasteiger partial charge on any atom is -0.343 e. The van der Waals surface area contributed by atoms with Crippen molar-refractivity contribution >= 4 is 22.1 Å². The Hall–Kier alpha value is -2.78. The second-order valence-corrected chi connectivity index (χ2v) is 6.54. The predicted molar refractivity (Wildman–Crippen MR) is 90.5 cm³/mol. The molecule has 1 aromatic heterocycles. The first-order chi connectivity index (χ1) is 11.8. The topological polar surface area (TPSA) is 117 Å². The third-order valence-corrected chi connectivity index (χ3v) is 4.11. The predicted octanol–water partition coefficient (Wildman–Crippen LogP) is 0.885. The Morgan fingerprint density at radius 2 is 1.80 bits per heavy atom. The number of β-lactam (4-membered cyclic amide) rings is 1. The highest BCUT2D eigenvalue weighted by Gasteiger charge is 2.43. The zero-order valence-electron chi connectivity index (χ0n) is 13.4. The van der Waals surface area contributed by atoms with Crippen LogP contribution in [0.25, 0.3) is 11.1 Å². The maximum absolute atomic E-state index is 10.9. The van der Waals surface area contributed by atoms with Crippen molar-refractivity contribution in [2.75, 3.05) is 6.54 Å². The number of pyridine rings is 1. The second-order valence-electron chi connectivity index (χ2n) is 5.21. The van der Waals surface area contributed by atoms with E-state index in [1.165, 1.54) is 18.1 Å². The van der Waals surface area contributed by atoms with Gasteiger partial charge in [-0.2, -0.15) is 8.42 Å². The number of rotatable bonds is 2. The summed E-state index contributed by atoms with van der Waals surface area (Å²) in [5.74, 6) is -1.24. The van der Waals surface area contributed by atoms with Crippen LogP contribution in [-0.2, 0) is 19.9 Å². The van der Waals surface area contributed by atoms with Gasteiger partial charge in [0.15, 0.2) is 0 Å². The molecule has 1 aliphatic heterocycles. The molecule has 25 heavy (non-hydrogen) atoms. The van der Waals surface area contributed by atoms with Gasteiger partial charge >= 0.3 is 10.3 Å². The van der Waals surface area contributed by atoms with Crippen molar-refractivity contribution in [3.05, 3.63) is 54.9 Å². The standard InChI is InChI=1S/C6H4.C5H8N2O5S.C5H5N/c1-2-5-4-6(5)3-1;1-3(8)6-4-2-7(5(4)9)13(10,11)12;1-2-4-6-5-3-1/h1-4H;4H,2H2,1H3,(H,6,8)(H,10,11,12);1-5H. The molecule has 2 heterocycles. The zero-order chi connectivity index (χ0) is 18.4. The maximum atomic E-state index is 10.9. The average molecular weight is 363 g/mol. The molecule has 2 amide bonds. The van der Waals surface area contributed by atoms with Crippen LogP contribution in [0.4, 0.5) is 0 Å². The fourth-order valence-electron chi connectivity index (χ4n) is 1.94. The number of hydrogen-bond acceptors (Lipinski definition) is 5. The second kappa shape index (κ2) is 7.86. The Morgan fingerprint density at radius 1 is 1.20 bits per heavy atom. The summed E-state index contributed by atoms with van der Waals surface area (Å²) >= 11 is 0. The summed E-state index contributed by atoms with van der Waals surface area (Å²) in [7, 11) is -4.45. The van der Waals surface area contributed by atoms with Crippen molar-refractivity contribution in [1.29, 1.82) is 0 Å². The minimum absolute atomic E-state index is 0.211. The van der Waals surface area contributed by atoms with E-state index in [9.17, 15) is 18.0 Å². The van der Waals surface area contributed by atoms with Gasteiger partial charge in [0.25, 0.3) is 5.91 Å². The Kier molecular flexibility index (Phi) is 5.84. The van der Waals surface area contributed by atoms with Gasteiger partial charge in [-0.15, -0.1) is 0 Å². The molecule has 0 bridgehead atoms. The van der Waals surface area contributed by atoms with Crippen LogP contribution in [0, 0.1) is 0 Å². The SMILES string of the molecule is CC(=O)NC1CN(S(=O)(=O)O)C1=O.c1cc2cc-2c1.c1ccncc1. The first-order valence-corrected chi connectivity index (χ1v) is 8.70. The van der Waals surface area contributed by atoms with Gasteiger partial charge in [0.05, 0.1) is 6.54 Å². The first kappa shape index (κ1) is 18.6. The highest BCUT2D eigenvalue weighted by molar-refractivity contribution is 7.84. The molecule has 2 aliphatic carbocycles. The normalized spacial score (nSPS) is 16.3. The highest BCUT2D eigenvalue weighted by atomic mass is 32.2. The third-order valence-electron chi connectivity index (χ3n) is 3.23. The molecule has 132 valence electrons. The molecule has 0 radical (unpaired) electrons. The van der Waals surface area contributed by atoms with Crippen LogP contribution in [-0.4, -0.2) is 46.7 Å². The summed E-state index contributed by atoms with van der Waals surface area (Å²) in [6.45, 7) is 1.00. The number of amides is 2. The van der Waals surface area contributed by atoms with Crippen molar-refractivity contribution in [1.82, 2.24) is 14.6 Å². The van der Waals surface area contributed by atoms with Crippen molar-refractivity contribution < 1.29 is 22.6 Å². The first-order valence-electron chi connectivity index (χ1n) is 7.30. The van der Waals surface area contributed by atoms with E-state index in [1.807, 2.05) is 18.2 Å². The fourth-order valence-corrected chi connectivity index (χ4v) is 2.64. The smallest absolute Gasteiger partial charge is 0.343 e. The lowest BCUT2D eigenvalue weighted by Gasteiger charge is -2.34. The quantitative estimate of drug-likeness (QED) is 0.516. The highest BCUT2D eigenvalue weighted by Crippen LogP contribution is 2.32. The summed E-state index contributed by atoms with van der Waals surface area (Å²) in [4.78, 5) is 25.2. The summed E-state index contributed by atoms with van der Waals surface area (Å²) in [5.41, 5.74) is 2.85. The Bertz CT molecular complexity index is 811. The molecular weight excluding hydrogens is 346 g/mol. The van der Waals surface area contributed by atoms with Gasteiger partial charge in [-0.05, 0) is 29.3 Å². The van der Waals surface area contributed by atoms with E-state index in [4.69, 9.17) is 4.55 Å². The van der Waals surface area contributed by atoms with Gasteiger partial charge < -0.3 is 5.32 Å². The lowest BCUT2D eigenvalue weighted by Crippen LogP contribution is -2.64. The van der Waals surface area contributed by atoms with Crippen LogP contribution in [0.3, 0.4) is 0 Å². The largest absolute Gasteiger partial charge is 0.362 e. The molecule has 9 heteroatoms. The van der Waals surface area contributed by atoms with E-state index in [1.54, 1.807) is 12.4 Å². The molecule has 1 saturated heterocycles. The van der Waals surface area contributed by atoms with E-state index in [2.05, 4.69) is 34.6 Å². The van der Waals surface area contributed by atoms with Crippen molar-refractivity contribution in [3.8, 4) is 11.1 Å². The number of nitrogens with zero attached hydrogens (tertiary/aromatic N) is 2. The van der Waals surface area contributed by atoms with Crippen LogP contribution in [0.5, 0.6) is 0 Å². The fraction of sp³-hybridized carbons (Fsp3) is 0.188. The van der Waals surface area contributed by atoms with Crippen LogP contribution in [0.15, 0.2) is 54.9 Å². The minimum atomic E-state index is -4.45. The molecule has 0 saturated carbocycles. The summed E-state index contributed by atoms with van der Waals surface area (Å²) < 4.78 is 29.5. The van der Waals surface area contributed by atoms with E-state index < -0.39 is 28.2 Å². The monoisotopic (exact) mass is 363 g/mol. The lowest BCUT2D eigenvalue weighted by atomic mass is 10.1. The average Bonchev–Trinajstić information content (AvgIpc) is 3.17. The number of carbonyl (C=O) groups is 2. The third kappa shape index (κ3) is 5.66.